The molecule has 2 unspecified atom stereocenters. The SMILES string of the molecule is C/C=C/CN1C(=O)C(C)(C2CC2)NC(=O)C1C(C)C. The minimum Gasteiger partial charge on any atom is -0.340 e. The molecule has 2 aliphatic rings. The molecule has 2 fully saturated rings. The zero-order valence-corrected chi connectivity index (χ0v) is 12.3. The molecule has 0 spiro atoms. The molecule has 1 aliphatic heterocycles. The van der Waals surface area contributed by atoms with Gasteiger partial charge < -0.3 is 10.2 Å². The van der Waals surface area contributed by atoms with Gasteiger partial charge in [-0.2, -0.15) is 0 Å². The zero-order valence-electron chi connectivity index (χ0n) is 12.3. The Balaban J connectivity index is 2.30. The van der Waals surface area contributed by atoms with E-state index in [-0.39, 0.29) is 23.8 Å². The number of hydrogen-bond acceptors (Lipinski definition) is 2. The van der Waals surface area contributed by atoms with Crippen LogP contribution in [0.1, 0.15) is 40.5 Å². The first-order valence-corrected chi connectivity index (χ1v) is 7.16. The Hall–Kier alpha value is -1.32. The largest absolute Gasteiger partial charge is 0.340 e. The van der Waals surface area contributed by atoms with E-state index < -0.39 is 5.54 Å². The molecular weight excluding hydrogens is 240 g/mol. The summed E-state index contributed by atoms with van der Waals surface area (Å²) in [5.41, 5.74) is -0.690. The van der Waals surface area contributed by atoms with Crippen molar-refractivity contribution in [1.29, 1.82) is 0 Å². The van der Waals surface area contributed by atoms with Gasteiger partial charge in [-0.3, -0.25) is 9.59 Å². The molecule has 1 heterocycles. The Labute approximate surface area is 115 Å². The van der Waals surface area contributed by atoms with Gasteiger partial charge in [-0.05, 0) is 38.5 Å². The van der Waals surface area contributed by atoms with E-state index >= 15 is 0 Å². The third-order valence-electron chi connectivity index (χ3n) is 4.26. The number of piperazine rings is 1. The molecule has 1 aliphatic carbocycles. The lowest BCUT2D eigenvalue weighted by Crippen LogP contribution is -2.71. The fourth-order valence-electron chi connectivity index (χ4n) is 2.96. The summed E-state index contributed by atoms with van der Waals surface area (Å²) >= 11 is 0. The van der Waals surface area contributed by atoms with Crippen LogP contribution < -0.4 is 5.32 Å². The Kier molecular flexibility index (Phi) is 3.70. The van der Waals surface area contributed by atoms with E-state index in [9.17, 15) is 9.59 Å². The minimum absolute atomic E-state index is 0.00602. The van der Waals surface area contributed by atoms with Crippen LogP contribution >= 0.6 is 0 Å². The van der Waals surface area contributed by atoms with Crippen molar-refractivity contribution in [1.82, 2.24) is 10.2 Å². The van der Waals surface area contributed by atoms with Gasteiger partial charge in [-0.15, -0.1) is 0 Å². The minimum atomic E-state index is -0.690. The summed E-state index contributed by atoms with van der Waals surface area (Å²) in [4.78, 5) is 26.9. The van der Waals surface area contributed by atoms with Gasteiger partial charge in [0.25, 0.3) is 0 Å². The molecule has 0 radical (unpaired) electrons. The van der Waals surface area contributed by atoms with Crippen LogP contribution in [0.3, 0.4) is 0 Å². The molecular formula is C15H24N2O2. The molecule has 0 aromatic carbocycles. The molecule has 19 heavy (non-hydrogen) atoms. The molecule has 2 atom stereocenters. The van der Waals surface area contributed by atoms with Crippen LogP contribution in [0.4, 0.5) is 0 Å². The van der Waals surface area contributed by atoms with Crippen molar-refractivity contribution in [2.24, 2.45) is 11.8 Å². The van der Waals surface area contributed by atoms with Gasteiger partial charge in [-0.25, -0.2) is 0 Å². The third kappa shape index (κ3) is 2.40. The monoisotopic (exact) mass is 264 g/mol. The van der Waals surface area contributed by atoms with Crippen molar-refractivity contribution in [3.05, 3.63) is 12.2 Å². The summed E-state index contributed by atoms with van der Waals surface area (Å²) in [5, 5.41) is 2.99. The lowest BCUT2D eigenvalue weighted by Gasteiger charge is -2.45. The number of nitrogens with one attached hydrogen (secondary N) is 1. The second-order valence-corrected chi connectivity index (χ2v) is 6.18. The maximum Gasteiger partial charge on any atom is 0.249 e. The number of allylic oxidation sites excluding steroid dienone is 1. The molecule has 4 nitrogen and oxygen atoms in total. The Morgan fingerprint density at radius 3 is 2.53 bits per heavy atom. The van der Waals surface area contributed by atoms with Gasteiger partial charge in [-0.1, -0.05) is 26.0 Å². The van der Waals surface area contributed by atoms with Crippen LogP contribution in [-0.4, -0.2) is 34.8 Å². The molecule has 1 saturated carbocycles. The second-order valence-electron chi connectivity index (χ2n) is 6.18. The van der Waals surface area contributed by atoms with Crippen molar-refractivity contribution >= 4 is 11.8 Å². The van der Waals surface area contributed by atoms with Gasteiger partial charge in [0.2, 0.25) is 11.8 Å². The van der Waals surface area contributed by atoms with Crippen molar-refractivity contribution in [3.63, 3.8) is 0 Å². The second kappa shape index (κ2) is 4.99. The van der Waals surface area contributed by atoms with Crippen LogP contribution in [0.2, 0.25) is 0 Å². The van der Waals surface area contributed by atoms with Crippen LogP contribution in [0.15, 0.2) is 12.2 Å². The van der Waals surface area contributed by atoms with E-state index in [0.29, 0.717) is 12.5 Å². The Morgan fingerprint density at radius 1 is 1.42 bits per heavy atom. The summed E-state index contributed by atoms with van der Waals surface area (Å²) in [6.45, 7) is 8.30. The van der Waals surface area contributed by atoms with Crippen molar-refractivity contribution in [3.8, 4) is 0 Å². The van der Waals surface area contributed by atoms with Gasteiger partial charge in [0, 0.05) is 6.54 Å². The predicted octanol–water partition coefficient (Wildman–Crippen LogP) is 1.71. The van der Waals surface area contributed by atoms with E-state index in [2.05, 4.69) is 5.32 Å². The topological polar surface area (TPSA) is 49.4 Å². The van der Waals surface area contributed by atoms with E-state index in [1.54, 1.807) is 4.90 Å². The molecule has 0 aromatic heterocycles. The number of hydrogen-bond donors (Lipinski definition) is 1. The van der Waals surface area contributed by atoms with Crippen LogP contribution in [-0.2, 0) is 9.59 Å². The first-order valence-electron chi connectivity index (χ1n) is 7.16. The molecule has 0 bridgehead atoms. The van der Waals surface area contributed by atoms with E-state index in [1.807, 2.05) is 39.8 Å². The quantitative estimate of drug-likeness (QED) is 0.786. The number of amides is 2. The highest BCUT2D eigenvalue weighted by molar-refractivity contribution is 6.00. The highest BCUT2D eigenvalue weighted by Crippen LogP contribution is 2.42. The molecule has 106 valence electrons. The Bertz CT molecular complexity index is 412. The lowest BCUT2D eigenvalue weighted by molar-refractivity contribution is -0.156. The summed E-state index contributed by atoms with van der Waals surface area (Å²) < 4.78 is 0. The van der Waals surface area contributed by atoms with Gasteiger partial charge in [0.1, 0.15) is 11.6 Å². The number of carbonyl (C=O) groups excluding carboxylic acids is 2. The normalized spacial score (nSPS) is 32.3. The molecule has 1 saturated heterocycles. The van der Waals surface area contributed by atoms with Crippen molar-refractivity contribution in [2.75, 3.05) is 6.54 Å². The van der Waals surface area contributed by atoms with Crippen LogP contribution in [0, 0.1) is 11.8 Å². The molecule has 1 N–H and O–H groups in total. The highest BCUT2D eigenvalue weighted by atomic mass is 16.2. The van der Waals surface area contributed by atoms with Crippen LogP contribution in [0.25, 0.3) is 0 Å². The third-order valence-corrected chi connectivity index (χ3v) is 4.26. The maximum absolute atomic E-state index is 12.8. The predicted molar refractivity (Wildman–Crippen MR) is 74.4 cm³/mol. The fraction of sp³-hybridized carbons (Fsp3) is 0.733. The number of carbonyl (C=O) groups is 2. The number of rotatable bonds is 4. The van der Waals surface area contributed by atoms with E-state index in [4.69, 9.17) is 0 Å². The molecule has 2 rings (SSSR count). The highest BCUT2D eigenvalue weighted by Gasteiger charge is 2.55. The smallest absolute Gasteiger partial charge is 0.249 e. The molecule has 2 amide bonds. The average molecular weight is 264 g/mol. The van der Waals surface area contributed by atoms with Crippen molar-refractivity contribution in [2.45, 2.75) is 52.1 Å². The van der Waals surface area contributed by atoms with Gasteiger partial charge in [0.05, 0.1) is 0 Å². The summed E-state index contributed by atoms with van der Waals surface area (Å²) in [5.74, 6) is 0.503. The summed E-state index contributed by atoms with van der Waals surface area (Å²) in [7, 11) is 0. The standard InChI is InChI=1S/C15H24N2O2/c1-5-6-9-17-12(10(2)3)13(18)16-15(4,14(17)19)11-7-8-11/h5-6,10-12H,7-9H2,1-4H3,(H,16,18)/b6-5+. The van der Waals surface area contributed by atoms with Gasteiger partial charge >= 0.3 is 0 Å². The lowest BCUT2D eigenvalue weighted by atomic mass is 9.86. The van der Waals surface area contributed by atoms with E-state index in [1.165, 1.54) is 0 Å². The first kappa shape index (κ1) is 14.1. The average Bonchev–Trinajstić information content (AvgIpc) is 3.15. The van der Waals surface area contributed by atoms with Crippen LogP contribution in [0.5, 0.6) is 0 Å². The summed E-state index contributed by atoms with van der Waals surface area (Å²) in [6, 6.07) is -0.351. The van der Waals surface area contributed by atoms with Gasteiger partial charge in [0.15, 0.2) is 0 Å². The fourth-order valence-corrected chi connectivity index (χ4v) is 2.96. The maximum atomic E-state index is 12.8. The molecule has 4 heteroatoms. The number of nitrogens with zero attached hydrogens (tertiary/aromatic N) is 1. The molecule has 0 aromatic rings. The van der Waals surface area contributed by atoms with E-state index in [0.717, 1.165) is 12.8 Å². The zero-order chi connectivity index (χ0) is 14.2. The first-order chi connectivity index (χ1) is 8.91. The summed E-state index contributed by atoms with van der Waals surface area (Å²) in [6.07, 6.45) is 5.93. The van der Waals surface area contributed by atoms with Crippen molar-refractivity contribution < 1.29 is 9.59 Å². The Morgan fingerprint density at radius 2 is 2.05 bits per heavy atom.